The van der Waals surface area contributed by atoms with Crippen LogP contribution in [0.3, 0.4) is 0 Å². The van der Waals surface area contributed by atoms with Crippen molar-refractivity contribution in [3.63, 3.8) is 0 Å². The number of nitriles is 1. The number of piperazine rings is 1. The first kappa shape index (κ1) is 29.4. The van der Waals surface area contributed by atoms with Gasteiger partial charge >= 0.3 is 0 Å². The summed E-state index contributed by atoms with van der Waals surface area (Å²) in [7, 11) is 0. The van der Waals surface area contributed by atoms with Gasteiger partial charge in [0.2, 0.25) is 5.91 Å². The largest absolute Gasteiger partial charge is 0.363 e. The van der Waals surface area contributed by atoms with Gasteiger partial charge in [-0.1, -0.05) is 61.8 Å². The molecule has 0 unspecified atom stereocenters. The normalized spacial score (nSPS) is 15.2. The van der Waals surface area contributed by atoms with Crippen LogP contribution in [0.25, 0.3) is 27.7 Å². The van der Waals surface area contributed by atoms with Crippen LogP contribution in [0.5, 0.6) is 0 Å². The molecule has 0 aliphatic carbocycles. The van der Waals surface area contributed by atoms with E-state index in [1.807, 2.05) is 49.9 Å². The lowest BCUT2D eigenvalue weighted by Crippen LogP contribution is -2.54. The monoisotopic (exact) mass is 602 g/mol. The molecule has 2 heterocycles. The molecule has 1 aliphatic heterocycles. The summed E-state index contributed by atoms with van der Waals surface area (Å²) < 4.78 is 16.7. The van der Waals surface area contributed by atoms with Gasteiger partial charge in [0, 0.05) is 52.2 Å². The van der Waals surface area contributed by atoms with E-state index in [1.54, 1.807) is 29.2 Å². The molecule has 3 aromatic carbocycles. The van der Waals surface area contributed by atoms with Crippen LogP contribution in [0.2, 0.25) is 10.0 Å². The van der Waals surface area contributed by atoms with Crippen LogP contribution in [0.1, 0.15) is 37.8 Å². The molecule has 214 valence electrons. The van der Waals surface area contributed by atoms with Crippen LogP contribution < -0.4 is 10.5 Å². The molecule has 0 spiro atoms. The summed E-state index contributed by atoms with van der Waals surface area (Å²) in [6, 6.07) is 17.2. The Morgan fingerprint density at radius 3 is 2.50 bits per heavy atom. The zero-order valence-corrected chi connectivity index (χ0v) is 25.0. The standard InChI is InChI=1S/C33H29Cl2FN4O2/c1-5-31(41)38-12-13-39(20(4)18-38)32-25-15-27(35)24(23-11-10-21(34)14-28(23)36)16-30(25)40(33(42)26(32)17-37)29-9-7-6-8-22(29)19(2)3/h5-11,14-16,19-20H,1,12-13,18H2,2-4H3/t20-/m0/s1. The van der Waals surface area contributed by atoms with Crippen LogP contribution in [-0.2, 0) is 4.79 Å². The molecule has 6 nitrogen and oxygen atoms in total. The second-order valence-corrected chi connectivity index (χ2v) is 11.5. The van der Waals surface area contributed by atoms with E-state index in [4.69, 9.17) is 23.2 Å². The van der Waals surface area contributed by atoms with Crippen molar-refractivity contribution in [2.75, 3.05) is 24.5 Å². The van der Waals surface area contributed by atoms with Gasteiger partial charge in [-0.3, -0.25) is 14.2 Å². The first-order valence-corrected chi connectivity index (χ1v) is 14.4. The van der Waals surface area contributed by atoms with Crippen LogP contribution in [0, 0.1) is 17.1 Å². The summed E-state index contributed by atoms with van der Waals surface area (Å²) in [5, 5.41) is 11.5. The van der Waals surface area contributed by atoms with Crippen molar-refractivity contribution in [2.24, 2.45) is 0 Å². The average molecular weight is 604 g/mol. The minimum absolute atomic E-state index is 0.0297. The zero-order valence-electron chi connectivity index (χ0n) is 23.5. The molecular formula is C33H29Cl2FN4O2. The highest BCUT2D eigenvalue weighted by molar-refractivity contribution is 6.34. The number of rotatable bonds is 5. The molecule has 0 radical (unpaired) electrons. The van der Waals surface area contributed by atoms with E-state index < -0.39 is 11.4 Å². The fourth-order valence-corrected chi connectivity index (χ4v) is 6.17. The molecular weight excluding hydrogens is 574 g/mol. The maximum atomic E-state index is 15.2. The maximum absolute atomic E-state index is 15.2. The molecule has 5 rings (SSSR count). The first-order valence-electron chi connectivity index (χ1n) is 13.6. The minimum Gasteiger partial charge on any atom is -0.363 e. The molecule has 1 aliphatic rings. The van der Waals surface area contributed by atoms with Crippen molar-refractivity contribution < 1.29 is 9.18 Å². The zero-order chi connectivity index (χ0) is 30.3. The predicted octanol–water partition coefficient (Wildman–Crippen LogP) is 7.32. The fraction of sp³-hybridized carbons (Fsp3) is 0.242. The Morgan fingerprint density at radius 1 is 1.12 bits per heavy atom. The van der Waals surface area contributed by atoms with Gasteiger partial charge in [-0.15, -0.1) is 0 Å². The summed E-state index contributed by atoms with van der Waals surface area (Å²) in [4.78, 5) is 30.3. The average Bonchev–Trinajstić information content (AvgIpc) is 2.96. The number of benzene rings is 3. The smallest absolute Gasteiger partial charge is 0.275 e. The van der Waals surface area contributed by atoms with E-state index in [-0.39, 0.29) is 39.0 Å². The summed E-state index contributed by atoms with van der Waals surface area (Å²) in [5.41, 5.74) is 2.57. The van der Waals surface area contributed by atoms with Crippen LogP contribution in [0.15, 0.2) is 72.0 Å². The Morgan fingerprint density at radius 2 is 1.86 bits per heavy atom. The number of hydrogen-bond acceptors (Lipinski definition) is 4. The number of nitrogens with zero attached hydrogens (tertiary/aromatic N) is 4. The Balaban J connectivity index is 1.87. The third kappa shape index (κ3) is 5.06. The SMILES string of the molecule is C=CC(=O)N1CCN(c2c(C#N)c(=O)n(-c3ccccc3C(C)C)c3cc(-c4ccc(Cl)cc4F)c(Cl)cc23)[C@@H](C)C1. The molecule has 1 saturated heterocycles. The molecule has 0 bridgehead atoms. The lowest BCUT2D eigenvalue weighted by Gasteiger charge is -2.41. The predicted molar refractivity (Wildman–Crippen MR) is 167 cm³/mol. The van der Waals surface area contributed by atoms with Gasteiger partial charge in [0.1, 0.15) is 17.4 Å². The number of fused-ring (bicyclic) bond motifs is 1. The van der Waals surface area contributed by atoms with E-state index in [1.165, 1.54) is 16.7 Å². The third-order valence-electron chi connectivity index (χ3n) is 7.77. The number of hydrogen-bond donors (Lipinski definition) is 0. The number of carbonyl (C=O) groups excluding carboxylic acids is 1. The Labute approximate surface area is 253 Å². The van der Waals surface area contributed by atoms with Gasteiger partial charge in [0.15, 0.2) is 0 Å². The second-order valence-electron chi connectivity index (χ2n) is 10.7. The number of amides is 1. The number of para-hydroxylation sites is 1. The van der Waals surface area contributed by atoms with E-state index >= 15 is 4.39 Å². The van der Waals surface area contributed by atoms with Crippen LogP contribution in [0.4, 0.5) is 10.1 Å². The number of aromatic nitrogens is 1. The number of anilines is 1. The molecule has 0 N–H and O–H groups in total. The van der Waals surface area contributed by atoms with Crippen molar-refractivity contribution in [1.29, 1.82) is 5.26 Å². The lowest BCUT2D eigenvalue weighted by atomic mass is 9.97. The number of carbonyl (C=O) groups is 1. The van der Waals surface area contributed by atoms with Gasteiger partial charge in [0.25, 0.3) is 5.56 Å². The maximum Gasteiger partial charge on any atom is 0.275 e. The highest BCUT2D eigenvalue weighted by atomic mass is 35.5. The van der Waals surface area contributed by atoms with Crippen LogP contribution >= 0.6 is 23.2 Å². The minimum atomic E-state index is -0.550. The molecule has 1 atom stereocenters. The molecule has 42 heavy (non-hydrogen) atoms. The summed E-state index contributed by atoms with van der Waals surface area (Å²) in [5.74, 6) is -0.652. The number of pyridine rings is 1. The van der Waals surface area contributed by atoms with Gasteiger partial charge in [-0.2, -0.15) is 5.26 Å². The Bertz CT molecular complexity index is 1840. The lowest BCUT2D eigenvalue weighted by molar-refractivity contribution is -0.126. The quantitative estimate of drug-likeness (QED) is 0.224. The van der Waals surface area contributed by atoms with Gasteiger partial charge < -0.3 is 9.80 Å². The van der Waals surface area contributed by atoms with E-state index in [9.17, 15) is 14.9 Å². The van der Waals surface area contributed by atoms with Crippen molar-refractivity contribution >= 4 is 45.7 Å². The molecule has 0 saturated carbocycles. The highest BCUT2D eigenvalue weighted by Gasteiger charge is 2.31. The summed E-state index contributed by atoms with van der Waals surface area (Å²) >= 11 is 12.9. The van der Waals surface area contributed by atoms with E-state index in [0.29, 0.717) is 47.5 Å². The van der Waals surface area contributed by atoms with Crippen LogP contribution in [-0.4, -0.2) is 41.1 Å². The third-order valence-corrected chi connectivity index (χ3v) is 8.32. The summed E-state index contributed by atoms with van der Waals surface area (Å²) in [6.07, 6.45) is 1.28. The highest BCUT2D eigenvalue weighted by Crippen LogP contribution is 2.40. The Hall–Kier alpha value is -4.12. The topological polar surface area (TPSA) is 69.3 Å². The summed E-state index contributed by atoms with van der Waals surface area (Å²) in [6.45, 7) is 10.8. The first-order chi connectivity index (χ1) is 20.1. The van der Waals surface area contributed by atoms with E-state index in [0.717, 1.165) is 5.56 Å². The van der Waals surface area contributed by atoms with Crippen molar-refractivity contribution in [3.05, 3.63) is 105 Å². The molecule has 9 heteroatoms. The molecule has 1 aromatic heterocycles. The molecule has 4 aromatic rings. The fourth-order valence-electron chi connectivity index (χ4n) is 5.74. The molecule has 1 fully saturated rings. The van der Waals surface area contributed by atoms with E-state index in [2.05, 4.69) is 12.6 Å². The molecule has 1 amide bonds. The van der Waals surface area contributed by atoms with Gasteiger partial charge in [-0.25, -0.2) is 4.39 Å². The second kappa shape index (κ2) is 11.6. The Kier molecular flexibility index (Phi) is 8.14. The van der Waals surface area contributed by atoms with Crippen molar-refractivity contribution in [3.8, 4) is 22.9 Å². The van der Waals surface area contributed by atoms with Gasteiger partial charge in [-0.05, 0) is 60.9 Å². The van der Waals surface area contributed by atoms with Gasteiger partial charge in [0.05, 0.1) is 16.9 Å². The number of halogens is 3. The van der Waals surface area contributed by atoms with Crippen molar-refractivity contribution in [2.45, 2.75) is 32.7 Å². The van der Waals surface area contributed by atoms with Crippen molar-refractivity contribution in [1.82, 2.24) is 9.47 Å².